The first-order chi connectivity index (χ1) is 5.74. The van der Waals surface area contributed by atoms with Crippen LogP contribution in [0.25, 0.3) is 0 Å². The fourth-order valence-electron chi connectivity index (χ4n) is 0.604. The van der Waals surface area contributed by atoms with E-state index >= 15 is 0 Å². The molecule has 0 radical (unpaired) electrons. The van der Waals surface area contributed by atoms with Crippen molar-refractivity contribution in [1.82, 2.24) is 4.98 Å². The molecule has 0 aliphatic carbocycles. The Morgan fingerprint density at radius 2 is 2.25 bits per heavy atom. The van der Waals surface area contributed by atoms with E-state index in [4.69, 9.17) is 23.2 Å². The summed E-state index contributed by atoms with van der Waals surface area (Å²) in [4.78, 5) is 13.7. The molecule has 0 unspecified atom stereocenters. The van der Waals surface area contributed by atoms with E-state index in [1.54, 1.807) is 0 Å². The van der Waals surface area contributed by atoms with Crippen LogP contribution in [0.4, 0.5) is 0 Å². The summed E-state index contributed by atoms with van der Waals surface area (Å²) in [6.45, 7) is 0. The predicted octanol–water partition coefficient (Wildman–Crippen LogP) is 1.94. The van der Waals surface area contributed by atoms with Gasteiger partial charge in [0.2, 0.25) is 0 Å². The number of aromatic nitrogens is 1. The third-order valence-corrected chi connectivity index (χ3v) is 1.55. The first kappa shape index (κ1) is 9.05. The smallest absolute Gasteiger partial charge is 0.193 e. The summed E-state index contributed by atoms with van der Waals surface area (Å²) in [6, 6.07) is 1.52. The van der Waals surface area contributed by atoms with Gasteiger partial charge in [0.1, 0.15) is 5.69 Å². The van der Waals surface area contributed by atoms with Gasteiger partial charge in [0.15, 0.2) is 6.29 Å². The molecule has 1 heterocycles. The maximum absolute atomic E-state index is 9.89. The lowest BCUT2D eigenvalue weighted by atomic mass is 10.3. The minimum absolute atomic E-state index is 0.344. The predicted molar refractivity (Wildman–Crippen MR) is 47.2 cm³/mol. The third-order valence-electron chi connectivity index (χ3n) is 1.06. The van der Waals surface area contributed by atoms with Gasteiger partial charge in [-0.25, -0.2) is 4.98 Å². The van der Waals surface area contributed by atoms with E-state index in [0.29, 0.717) is 22.0 Å². The molecule has 0 spiro atoms. The van der Waals surface area contributed by atoms with Crippen LogP contribution in [0, 0.1) is 11.8 Å². The van der Waals surface area contributed by atoms with Crippen LogP contribution in [-0.4, -0.2) is 11.3 Å². The maximum Gasteiger partial charge on any atom is 0.193 e. The van der Waals surface area contributed by atoms with Crippen molar-refractivity contribution in [3.63, 3.8) is 0 Å². The Kier molecular flexibility index (Phi) is 3.09. The molecule has 1 aromatic rings. The first-order valence-corrected chi connectivity index (χ1v) is 3.76. The molecule has 0 saturated heterocycles. The van der Waals surface area contributed by atoms with Crippen LogP contribution in [-0.2, 0) is 4.79 Å². The number of halogens is 2. The van der Waals surface area contributed by atoms with Crippen molar-refractivity contribution in [2.45, 2.75) is 0 Å². The zero-order valence-electron chi connectivity index (χ0n) is 5.84. The number of hydrogen-bond donors (Lipinski definition) is 0. The lowest BCUT2D eigenvalue weighted by Gasteiger charge is -1.93. The molecular weight excluding hydrogens is 197 g/mol. The molecule has 60 valence electrons. The van der Waals surface area contributed by atoms with Crippen LogP contribution in [0.5, 0.6) is 0 Å². The normalized spacial score (nSPS) is 8.50. The number of nitrogens with zero attached hydrogens (tertiary/aromatic N) is 1. The molecule has 0 amide bonds. The molecule has 0 aromatic carbocycles. The number of carbonyl (C=O) groups is 1. The highest BCUT2D eigenvalue weighted by Crippen LogP contribution is 2.17. The summed E-state index contributed by atoms with van der Waals surface area (Å²) in [5.74, 6) is 4.67. The molecule has 0 atom stereocenters. The SMILES string of the molecule is O=CC#Cc1ncc(Cl)cc1Cl. The fourth-order valence-corrected chi connectivity index (χ4v) is 1.03. The summed E-state index contributed by atoms with van der Waals surface area (Å²) in [5.41, 5.74) is 0.355. The number of rotatable bonds is 0. The van der Waals surface area contributed by atoms with Crippen molar-refractivity contribution in [2.24, 2.45) is 0 Å². The molecule has 0 saturated carbocycles. The average Bonchev–Trinajstić information content (AvgIpc) is 2.03. The second-order valence-electron chi connectivity index (χ2n) is 1.87. The fraction of sp³-hybridized carbons (Fsp3) is 0. The molecule has 2 nitrogen and oxygen atoms in total. The zero-order valence-corrected chi connectivity index (χ0v) is 7.36. The highest BCUT2D eigenvalue weighted by Gasteiger charge is 1.98. The van der Waals surface area contributed by atoms with Gasteiger partial charge >= 0.3 is 0 Å². The summed E-state index contributed by atoms with van der Waals surface area (Å²) in [7, 11) is 0. The van der Waals surface area contributed by atoms with Gasteiger partial charge in [-0.1, -0.05) is 23.2 Å². The number of hydrogen-bond acceptors (Lipinski definition) is 2. The van der Waals surface area contributed by atoms with Crippen LogP contribution >= 0.6 is 23.2 Å². The second kappa shape index (κ2) is 4.10. The summed E-state index contributed by atoms with van der Waals surface area (Å²) in [6.07, 6.45) is 1.90. The average molecular weight is 200 g/mol. The van der Waals surface area contributed by atoms with E-state index in [2.05, 4.69) is 16.8 Å². The molecular formula is C8H3Cl2NO. The molecule has 1 aromatic heterocycles. The minimum Gasteiger partial charge on any atom is -0.289 e. The zero-order chi connectivity index (χ0) is 8.97. The van der Waals surface area contributed by atoms with Crippen molar-refractivity contribution in [3.05, 3.63) is 28.0 Å². The van der Waals surface area contributed by atoms with Crippen LogP contribution in [0.2, 0.25) is 10.0 Å². The first-order valence-electron chi connectivity index (χ1n) is 3.00. The van der Waals surface area contributed by atoms with Gasteiger partial charge in [0, 0.05) is 6.20 Å². The van der Waals surface area contributed by atoms with Gasteiger partial charge in [0.05, 0.1) is 10.0 Å². The highest BCUT2D eigenvalue weighted by molar-refractivity contribution is 6.35. The van der Waals surface area contributed by atoms with Crippen LogP contribution < -0.4 is 0 Å². The molecule has 0 aliphatic rings. The summed E-state index contributed by atoms with van der Waals surface area (Å²) < 4.78 is 0. The largest absolute Gasteiger partial charge is 0.289 e. The van der Waals surface area contributed by atoms with E-state index in [0.717, 1.165) is 0 Å². The van der Waals surface area contributed by atoms with Gasteiger partial charge in [-0.2, -0.15) is 0 Å². The Hall–Kier alpha value is -1.04. The minimum atomic E-state index is 0.344. The lowest BCUT2D eigenvalue weighted by Crippen LogP contribution is -1.83. The topological polar surface area (TPSA) is 30.0 Å². The van der Waals surface area contributed by atoms with Gasteiger partial charge in [-0.3, -0.25) is 4.79 Å². The van der Waals surface area contributed by atoms with E-state index in [1.165, 1.54) is 12.3 Å². The van der Waals surface area contributed by atoms with Crippen LogP contribution in [0.3, 0.4) is 0 Å². The molecule has 12 heavy (non-hydrogen) atoms. The van der Waals surface area contributed by atoms with E-state index < -0.39 is 0 Å². The summed E-state index contributed by atoms with van der Waals surface area (Å²) in [5, 5.41) is 0.786. The molecule has 0 aliphatic heterocycles. The van der Waals surface area contributed by atoms with E-state index in [9.17, 15) is 4.79 Å². The second-order valence-corrected chi connectivity index (χ2v) is 2.71. The number of pyridine rings is 1. The number of aldehydes is 1. The quantitative estimate of drug-likeness (QED) is 0.473. The summed E-state index contributed by atoms with van der Waals surface area (Å²) >= 11 is 11.3. The Labute approximate surface area is 79.5 Å². The van der Waals surface area contributed by atoms with Crippen molar-refractivity contribution in [2.75, 3.05) is 0 Å². The van der Waals surface area contributed by atoms with Gasteiger partial charge in [0.25, 0.3) is 0 Å². The Bertz CT molecular complexity index is 365. The Balaban J connectivity index is 3.09. The van der Waals surface area contributed by atoms with Crippen molar-refractivity contribution < 1.29 is 4.79 Å². The number of carbonyl (C=O) groups excluding carboxylic acids is 1. The Morgan fingerprint density at radius 3 is 2.83 bits per heavy atom. The molecule has 0 bridgehead atoms. The maximum atomic E-state index is 9.89. The van der Waals surface area contributed by atoms with Gasteiger partial charge in [-0.15, -0.1) is 0 Å². The Morgan fingerprint density at radius 1 is 1.50 bits per heavy atom. The van der Waals surface area contributed by atoms with Crippen molar-refractivity contribution in [1.29, 1.82) is 0 Å². The molecule has 0 fully saturated rings. The lowest BCUT2D eigenvalue weighted by molar-refractivity contribution is -0.103. The third kappa shape index (κ3) is 2.23. The standard InChI is InChI=1S/C8H3Cl2NO/c9-6-4-7(10)8(11-5-6)2-1-3-12/h3-5H. The molecule has 0 N–H and O–H groups in total. The van der Waals surface area contributed by atoms with Gasteiger partial charge < -0.3 is 0 Å². The van der Waals surface area contributed by atoms with Gasteiger partial charge in [-0.05, 0) is 17.9 Å². The molecule has 1 rings (SSSR count). The van der Waals surface area contributed by atoms with E-state index in [1.807, 2.05) is 0 Å². The van der Waals surface area contributed by atoms with Crippen molar-refractivity contribution >= 4 is 29.5 Å². The molecule has 4 heteroatoms. The van der Waals surface area contributed by atoms with Crippen molar-refractivity contribution in [3.8, 4) is 11.8 Å². The highest BCUT2D eigenvalue weighted by atomic mass is 35.5. The van der Waals surface area contributed by atoms with Crippen LogP contribution in [0.1, 0.15) is 5.69 Å². The van der Waals surface area contributed by atoms with Crippen LogP contribution in [0.15, 0.2) is 12.3 Å². The van der Waals surface area contributed by atoms with E-state index in [-0.39, 0.29) is 0 Å². The monoisotopic (exact) mass is 199 g/mol.